The van der Waals surface area contributed by atoms with Gasteiger partial charge in [0.2, 0.25) is 0 Å². The molecular weight excluding hydrogens is 214 g/mol. The Morgan fingerprint density at radius 2 is 2.29 bits per heavy atom. The van der Waals surface area contributed by atoms with Crippen LogP contribution in [0.5, 0.6) is 5.75 Å². The van der Waals surface area contributed by atoms with Crippen LogP contribution in [0.15, 0.2) is 18.2 Å². The van der Waals surface area contributed by atoms with Crippen molar-refractivity contribution in [1.29, 1.82) is 0 Å². The van der Waals surface area contributed by atoms with E-state index >= 15 is 0 Å². The molecule has 0 bridgehead atoms. The van der Waals surface area contributed by atoms with E-state index in [0.717, 1.165) is 43.6 Å². The molecule has 3 heteroatoms. The summed E-state index contributed by atoms with van der Waals surface area (Å²) >= 11 is 0. The lowest BCUT2D eigenvalue weighted by Gasteiger charge is -2.36. The molecule has 1 aromatic rings. The third-order valence-electron chi connectivity index (χ3n) is 3.98. The maximum atomic E-state index is 10.8. The molecule has 92 valence electrons. The quantitative estimate of drug-likeness (QED) is 0.776. The highest BCUT2D eigenvalue weighted by molar-refractivity contribution is 5.47. The van der Waals surface area contributed by atoms with Gasteiger partial charge < -0.3 is 15.6 Å². The molecule has 1 heterocycles. The lowest BCUT2D eigenvalue weighted by Crippen LogP contribution is -2.39. The second kappa shape index (κ2) is 4.00. The first kappa shape index (κ1) is 11.1. The van der Waals surface area contributed by atoms with Gasteiger partial charge >= 0.3 is 0 Å². The molecule has 1 aromatic carbocycles. The van der Waals surface area contributed by atoms with Crippen LogP contribution >= 0.6 is 0 Å². The number of aliphatic hydroxyl groups is 1. The van der Waals surface area contributed by atoms with Crippen molar-refractivity contribution < 1.29 is 9.84 Å². The van der Waals surface area contributed by atoms with E-state index in [1.54, 1.807) is 0 Å². The Morgan fingerprint density at radius 3 is 3.12 bits per heavy atom. The van der Waals surface area contributed by atoms with Gasteiger partial charge in [-0.05, 0) is 31.2 Å². The van der Waals surface area contributed by atoms with Crippen molar-refractivity contribution in [2.75, 3.05) is 6.61 Å². The smallest absolute Gasteiger partial charge is 0.128 e. The average Bonchev–Trinajstić information content (AvgIpc) is 2.76. The largest absolute Gasteiger partial charge is 0.493 e. The summed E-state index contributed by atoms with van der Waals surface area (Å²) in [6.07, 6.45) is 4.39. The molecule has 1 fully saturated rings. The van der Waals surface area contributed by atoms with Gasteiger partial charge in [-0.3, -0.25) is 0 Å². The minimum atomic E-state index is -0.784. The summed E-state index contributed by atoms with van der Waals surface area (Å²) in [5, 5.41) is 10.8. The van der Waals surface area contributed by atoms with Gasteiger partial charge in [-0.25, -0.2) is 0 Å². The molecule has 3 N–H and O–H groups in total. The summed E-state index contributed by atoms with van der Waals surface area (Å²) < 4.78 is 5.68. The van der Waals surface area contributed by atoms with Crippen LogP contribution in [0.4, 0.5) is 0 Å². The second-order valence-electron chi connectivity index (χ2n) is 5.28. The van der Waals surface area contributed by atoms with Crippen LogP contribution in [0, 0.1) is 0 Å². The van der Waals surface area contributed by atoms with Crippen LogP contribution in [-0.4, -0.2) is 17.8 Å². The Kier molecular flexibility index (Phi) is 2.60. The molecular formula is C14H19NO2. The molecule has 1 aliphatic heterocycles. The monoisotopic (exact) mass is 233 g/mol. The molecule has 3 nitrogen and oxygen atoms in total. The lowest BCUT2D eigenvalue weighted by molar-refractivity contribution is -0.00903. The first-order valence-electron chi connectivity index (χ1n) is 6.42. The number of rotatable bonds is 1. The zero-order chi connectivity index (χ0) is 11.9. The Bertz CT molecular complexity index is 432. The van der Waals surface area contributed by atoms with E-state index in [1.807, 2.05) is 12.1 Å². The molecule has 0 radical (unpaired) electrons. The number of ether oxygens (including phenoxy) is 1. The average molecular weight is 233 g/mol. The maximum Gasteiger partial charge on any atom is 0.128 e. The zero-order valence-corrected chi connectivity index (χ0v) is 9.98. The minimum Gasteiger partial charge on any atom is -0.493 e. The standard InChI is InChI=1S/C14H19NO2/c15-11-4-2-7-14(16,9-11)12-5-1-3-10-6-8-17-13(10)12/h1,3,5,11,16H,2,4,6-9,15H2. The maximum absolute atomic E-state index is 10.8. The number of hydrogen-bond acceptors (Lipinski definition) is 3. The zero-order valence-electron chi connectivity index (χ0n) is 9.98. The summed E-state index contributed by atoms with van der Waals surface area (Å²) in [6, 6.07) is 6.19. The van der Waals surface area contributed by atoms with Gasteiger partial charge in [-0.1, -0.05) is 18.2 Å². The van der Waals surface area contributed by atoms with E-state index < -0.39 is 5.60 Å². The van der Waals surface area contributed by atoms with E-state index in [2.05, 4.69) is 6.07 Å². The van der Waals surface area contributed by atoms with Crippen LogP contribution in [-0.2, 0) is 12.0 Å². The topological polar surface area (TPSA) is 55.5 Å². The molecule has 0 spiro atoms. The summed E-state index contributed by atoms with van der Waals surface area (Å²) in [5.41, 5.74) is 7.37. The van der Waals surface area contributed by atoms with Gasteiger partial charge in [0.15, 0.2) is 0 Å². The highest BCUT2D eigenvalue weighted by Gasteiger charge is 2.38. The summed E-state index contributed by atoms with van der Waals surface area (Å²) in [5.74, 6) is 0.907. The molecule has 0 amide bonds. The van der Waals surface area contributed by atoms with Crippen LogP contribution in [0.2, 0.25) is 0 Å². The van der Waals surface area contributed by atoms with Gasteiger partial charge in [0.1, 0.15) is 5.75 Å². The molecule has 2 unspecified atom stereocenters. The number of benzene rings is 1. The highest BCUT2D eigenvalue weighted by Crippen LogP contribution is 2.43. The fraction of sp³-hybridized carbons (Fsp3) is 0.571. The third-order valence-corrected chi connectivity index (χ3v) is 3.98. The van der Waals surface area contributed by atoms with E-state index in [-0.39, 0.29) is 6.04 Å². The summed E-state index contributed by atoms with van der Waals surface area (Å²) in [7, 11) is 0. The molecule has 2 aliphatic rings. The van der Waals surface area contributed by atoms with Crippen molar-refractivity contribution in [2.45, 2.75) is 43.7 Å². The van der Waals surface area contributed by atoms with Crippen LogP contribution in [0.3, 0.4) is 0 Å². The van der Waals surface area contributed by atoms with Gasteiger partial charge in [0.25, 0.3) is 0 Å². The Morgan fingerprint density at radius 1 is 1.41 bits per heavy atom. The molecule has 0 saturated heterocycles. The number of hydrogen-bond donors (Lipinski definition) is 2. The van der Waals surface area contributed by atoms with Crippen molar-refractivity contribution >= 4 is 0 Å². The van der Waals surface area contributed by atoms with Crippen molar-refractivity contribution in [3.05, 3.63) is 29.3 Å². The minimum absolute atomic E-state index is 0.103. The van der Waals surface area contributed by atoms with Crippen molar-refractivity contribution in [1.82, 2.24) is 0 Å². The number of fused-ring (bicyclic) bond motifs is 1. The Hall–Kier alpha value is -1.06. The van der Waals surface area contributed by atoms with E-state index in [9.17, 15) is 5.11 Å². The summed E-state index contributed by atoms with van der Waals surface area (Å²) in [4.78, 5) is 0. The van der Waals surface area contributed by atoms with E-state index in [4.69, 9.17) is 10.5 Å². The molecule has 17 heavy (non-hydrogen) atoms. The van der Waals surface area contributed by atoms with Crippen molar-refractivity contribution in [3.8, 4) is 5.75 Å². The predicted molar refractivity (Wildman–Crippen MR) is 66.0 cm³/mol. The van der Waals surface area contributed by atoms with Gasteiger partial charge in [0, 0.05) is 18.0 Å². The van der Waals surface area contributed by atoms with Gasteiger partial charge in [-0.15, -0.1) is 0 Å². The summed E-state index contributed by atoms with van der Waals surface area (Å²) in [6.45, 7) is 0.731. The molecule has 2 atom stereocenters. The van der Waals surface area contributed by atoms with Crippen molar-refractivity contribution in [2.24, 2.45) is 5.73 Å². The van der Waals surface area contributed by atoms with Crippen molar-refractivity contribution in [3.63, 3.8) is 0 Å². The van der Waals surface area contributed by atoms with Gasteiger partial charge in [-0.2, -0.15) is 0 Å². The molecule has 0 aromatic heterocycles. The van der Waals surface area contributed by atoms with Crippen LogP contribution in [0.25, 0.3) is 0 Å². The normalized spacial score (nSPS) is 32.0. The second-order valence-corrected chi connectivity index (χ2v) is 5.28. The van der Waals surface area contributed by atoms with Crippen LogP contribution < -0.4 is 10.5 Å². The fourth-order valence-corrected chi connectivity index (χ4v) is 3.12. The number of nitrogens with two attached hydrogens (primary N) is 1. The number of para-hydroxylation sites is 1. The molecule has 3 rings (SSSR count). The Labute approximate surface area is 102 Å². The SMILES string of the molecule is NC1CCCC(O)(c2cccc3c2OCC3)C1. The fourth-order valence-electron chi connectivity index (χ4n) is 3.12. The highest BCUT2D eigenvalue weighted by atomic mass is 16.5. The van der Waals surface area contributed by atoms with Crippen LogP contribution in [0.1, 0.15) is 36.8 Å². The van der Waals surface area contributed by atoms with Gasteiger partial charge in [0.05, 0.1) is 12.2 Å². The first-order valence-corrected chi connectivity index (χ1v) is 6.42. The third kappa shape index (κ3) is 1.83. The molecule has 1 saturated carbocycles. The Balaban J connectivity index is 2.00. The van der Waals surface area contributed by atoms with E-state index in [1.165, 1.54) is 5.56 Å². The van der Waals surface area contributed by atoms with E-state index in [0.29, 0.717) is 6.42 Å². The first-order chi connectivity index (χ1) is 8.19. The predicted octanol–water partition coefficient (Wildman–Crippen LogP) is 1.71. The molecule has 1 aliphatic carbocycles. The lowest BCUT2D eigenvalue weighted by atomic mass is 9.77.